The van der Waals surface area contributed by atoms with E-state index >= 15 is 0 Å². The van der Waals surface area contributed by atoms with Crippen LogP contribution in [0.3, 0.4) is 0 Å². The number of rotatable bonds is 8. The maximum atomic E-state index is 13.7. The molecule has 2 fully saturated rings. The van der Waals surface area contributed by atoms with Gasteiger partial charge in [-0.3, -0.25) is 14.6 Å². The van der Waals surface area contributed by atoms with Crippen LogP contribution in [0.5, 0.6) is 0 Å². The van der Waals surface area contributed by atoms with E-state index < -0.39 is 9.84 Å². The van der Waals surface area contributed by atoms with E-state index in [2.05, 4.69) is 4.90 Å². The second kappa shape index (κ2) is 11.8. The van der Waals surface area contributed by atoms with Gasteiger partial charge < -0.3 is 4.74 Å². The molecule has 39 heavy (non-hydrogen) atoms. The Labute approximate surface area is 239 Å². The number of hydrogen-bond acceptors (Lipinski definition) is 5. The van der Waals surface area contributed by atoms with Crippen molar-refractivity contribution in [2.45, 2.75) is 25.0 Å². The third-order valence-electron chi connectivity index (χ3n) is 7.10. The molecule has 0 aromatic heterocycles. The van der Waals surface area contributed by atoms with Crippen molar-refractivity contribution in [2.75, 3.05) is 32.5 Å². The summed E-state index contributed by atoms with van der Waals surface area (Å²) in [5.74, 6) is -0.343. The zero-order valence-corrected chi connectivity index (χ0v) is 23.9. The Balaban J connectivity index is 1.51. The van der Waals surface area contributed by atoms with E-state index in [4.69, 9.17) is 27.9 Å². The van der Waals surface area contributed by atoms with Crippen molar-refractivity contribution in [2.24, 2.45) is 0 Å². The summed E-state index contributed by atoms with van der Waals surface area (Å²) in [6.07, 6.45) is 2.64. The van der Waals surface area contributed by atoms with Crippen LogP contribution in [0.4, 0.5) is 0 Å². The van der Waals surface area contributed by atoms with Crippen molar-refractivity contribution < 1.29 is 17.9 Å². The van der Waals surface area contributed by atoms with Crippen LogP contribution in [0.2, 0.25) is 10.0 Å². The Morgan fingerprint density at radius 1 is 0.949 bits per heavy atom. The average Bonchev–Trinajstić information content (AvgIpc) is 3.41. The first-order chi connectivity index (χ1) is 18.7. The van der Waals surface area contributed by atoms with Gasteiger partial charge in [0.1, 0.15) is 5.03 Å². The van der Waals surface area contributed by atoms with Crippen LogP contribution < -0.4 is 0 Å². The molecule has 2 heterocycles. The maximum absolute atomic E-state index is 13.7. The van der Waals surface area contributed by atoms with E-state index in [0.717, 1.165) is 24.0 Å². The third kappa shape index (κ3) is 6.39. The molecule has 2 saturated heterocycles. The molecule has 2 aliphatic rings. The Kier molecular flexibility index (Phi) is 8.45. The van der Waals surface area contributed by atoms with Gasteiger partial charge >= 0.3 is 0 Å². The summed E-state index contributed by atoms with van der Waals surface area (Å²) >= 11 is 12.3. The molecule has 0 bridgehead atoms. The zero-order chi connectivity index (χ0) is 27.6. The summed E-state index contributed by atoms with van der Waals surface area (Å²) < 4.78 is 32.4. The van der Waals surface area contributed by atoms with Crippen molar-refractivity contribution in [1.82, 2.24) is 9.80 Å². The SMILES string of the molecule is CS(=O)(=O)C(=C1CN(C(c2ccc(Cl)cc2)c2ccc(Cl)cc2)C1)N(CC1CCCO1)C(=O)c1ccccc1. The fourth-order valence-electron chi connectivity index (χ4n) is 5.31. The van der Waals surface area contributed by atoms with Crippen molar-refractivity contribution in [3.63, 3.8) is 0 Å². The van der Waals surface area contributed by atoms with Crippen molar-refractivity contribution in [3.8, 4) is 0 Å². The van der Waals surface area contributed by atoms with Gasteiger partial charge in [-0.15, -0.1) is 0 Å². The molecule has 6 nitrogen and oxygen atoms in total. The monoisotopic (exact) mass is 584 g/mol. The standard InChI is InChI=1S/C30H30Cl2N2O4S/c1-39(36,37)30(34(20-27-8-5-17-38-27)29(35)23-6-3-2-4-7-23)24-18-33(19-24)28(21-9-13-25(31)14-10-21)22-11-15-26(32)16-12-22/h2-4,6-7,9-16,27-28H,5,8,17-20H2,1H3. The summed E-state index contributed by atoms with van der Waals surface area (Å²) in [5, 5.41) is 1.36. The Morgan fingerprint density at radius 3 is 2.00 bits per heavy atom. The molecule has 0 aliphatic carbocycles. The summed E-state index contributed by atoms with van der Waals surface area (Å²) in [6, 6.07) is 24.0. The first-order valence-electron chi connectivity index (χ1n) is 12.9. The normalized spacial score (nSPS) is 17.7. The van der Waals surface area contributed by atoms with Gasteiger partial charge in [0.2, 0.25) is 0 Å². The maximum Gasteiger partial charge on any atom is 0.258 e. The highest BCUT2D eigenvalue weighted by molar-refractivity contribution is 7.94. The first-order valence-corrected chi connectivity index (χ1v) is 15.5. The minimum absolute atomic E-state index is 0.0778. The van der Waals surface area contributed by atoms with Gasteiger partial charge in [0.05, 0.1) is 18.7 Å². The molecule has 1 atom stereocenters. The van der Waals surface area contributed by atoms with Gasteiger partial charge in [0.15, 0.2) is 9.84 Å². The molecule has 0 radical (unpaired) electrons. The highest BCUT2D eigenvalue weighted by Gasteiger charge is 2.39. The molecule has 9 heteroatoms. The minimum Gasteiger partial charge on any atom is -0.376 e. The number of nitrogens with zero attached hydrogens (tertiary/aromatic N) is 2. The van der Waals surface area contributed by atoms with Crippen LogP contribution in [-0.4, -0.2) is 62.7 Å². The second-order valence-electron chi connectivity index (χ2n) is 10.0. The Bertz CT molecular complexity index is 1400. The number of hydrogen-bond donors (Lipinski definition) is 0. The van der Waals surface area contributed by atoms with Gasteiger partial charge in [0.25, 0.3) is 5.91 Å². The lowest BCUT2D eigenvalue weighted by molar-refractivity contribution is 0.0609. The fourth-order valence-corrected chi connectivity index (χ4v) is 6.77. The van der Waals surface area contributed by atoms with Gasteiger partial charge in [-0.1, -0.05) is 65.7 Å². The lowest BCUT2D eigenvalue weighted by Gasteiger charge is -2.43. The Hall–Kier alpha value is -2.68. The molecular formula is C30H30Cl2N2O4S. The van der Waals surface area contributed by atoms with Crippen LogP contribution in [0.1, 0.15) is 40.4 Å². The van der Waals surface area contributed by atoms with E-state index in [-0.39, 0.29) is 29.6 Å². The highest BCUT2D eigenvalue weighted by Crippen LogP contribution is 2.37. The van der Waals surface area contributed by atoms with Crippen LogP contribution >= 0.6 is 23.2 Å². The molecular weight excluding hydrogens is 555 g/mol. The lowest BCUT2D eigenvalue weighted by Crippen LogP contribution is -2.48. The molecule has 0 saturated carbocycles. The van der Waals surface area contributed by atoms with Gasteiger partial charge in [-0.2, -0.15) is 0 Å². The van der Waals surface area contributed by atoms with E-state index in [0.29, 0.717) is 40.9 Å². The van der Waals surface area contributed by atoms with Crippen LogP contribution in [0.25, 0.3) is 0 Å². The number of sulfone groups is 1. The average molecular weight is 586 g/mol. The number of amides is 1. The topological polar surface area (TPSA) is 66.9 Å². The molecule has 1 amide bonds. The van der Waals surface area contributed by atoms with E-state index in [1.165, 1.54) is 11.2 Å². The third-order valence-corrected chi connectivity index (χ3v) is 8.81. The molecule has 5 rings (SSSR count). The molecule has 3 aromatic rings. The van der Waals surface area contributed by atoms with E-state index in [1.807, 2.05) is 54.6 Å². The molecule has 2 aliphatic heterocycles. The lowest BCUT2D eigenvalue weighted by atomic mass is 9.93. The first kappa shape index (κ1) is 27.9. The van der Waals surface area contributed by atoms with Crippen molar-refractivity contribution in [1.29, 1.82) is 0 Å². The number of ether oxygens (including phenoxy) is 1. The quantitative estimate of drug-likeness (QED) is 0.326. The summed E-state index contributed by atoms with van der Waals surface area (Å²) in [7, 11) is -3.74. The number of likely N-dealkylation sites (tertiary alicyclic amines) is 1. The van der Waals surface area contributed by atoms with Crippen LogP contribution in [-0.2, 0) is 14.6 Å². The molecule has 0 N–H and O–H groups in total. The summed E-state index contributed by atoms with van der Waals surface area (Å²) in [5.41, 5.74) is 3.19. The summed E-state index contributed by atoms with van der Waals surface area (Å²) in [4.78, 5) is 17.3. The van der Waals surface area contributed by atoms with Crippen molar-refractivity contribution >= 4 is 38.9 Å². The molecule has 204 valence electrons. The predicted octanol–water partition coefficient (Wildman–Crippen LogP) is 5.98. The zero-order valence-electron chi connectivity index (χ0n) is 21.6. The van der Waals surface area contributed by atoms with Gasteiger partial charge in [0, 0.05) is 41.6 Å². The minimum atomic E-state index is -3.74. The van der Waals surface area contributed by atoms with Crippen molar-refractivity contribution in [3.05, 3.63) is 116 Å². The molecule has 0 spiro atoms. The van der Waals surface area contributed by atoms with Crippen LogP contribution in [0.15, 0.2) is 89.5 Å². The smallest absolute Gasteiger partial charge is 0.258 e. The highest BCUT2D eigenvalue weighted by atomic mass is 35.5. The Morgan fingerprint density at radius 2 is 1.51 bits per heavy atom. The van der Waals surface area contributed by atoms with E-state index in [1.54, 1.807) is 24.3 Å². The number of halogens is 2. The number of benzene rings is 3. The number of carbonyl (C=O) groups is 1. The van der Waals surface area contributed by atoms with Gasteiger partial charge in [-0.25, -0.2) is 8.42 Å². The van der Waals surface area contributed by atoms with Gasteiger partial charge in [-0.05, 0) is 65.9 Å². The number of carbonyl (C=O) groups excluding carboxylic acids is 1. The predicted molar refractivity (Wildman–Crippen MR) is 155 cm³/mol. The molecule has 3 aromatic carbocycles. The largest absolute Gasteiger partial charge is 0.376 e. The molecule has 1 unspecified atom stereocenters. The van der Waals surface area contributed by atoms with E-state index in [9.17, 15) is 13.2 Å². The van der Waals surface area contributed by atoms with Crippen LogP contribution in [0, 0.1) is 0 Å². The summed E-state index contributed by atoms with van der Waals surface area (Å²) in [6.45, 7) is 1.59. The fraction of sp³-hybridized carbons (Fsp3) is 0.300. The second-order valence-corrected chi connectivity index (χ2v) is 12.8.